The van der Waals surface area contributed by atoms with Gasteiger partial charge in [0.05, 0.1) is 38.3 Å². The van der Waals surface area contributed by atoms with Gasteiger partial charge in [0.1, 0.15) is 28.8 Å². The lowest BCUT2D eigenvalue weighted by molar-refractivity contribution is -0.123. The SMILES string of the molecule is O=C(C1CCOc2ccc(OCCCCn3cccc3)cc21)C1CCOc2ccc(OCCCCn3cccc3)cc21. The molecule has 42 heavy (non-hydrogen) atoms. The number of carbonyl (C=O) groups is 1. The number of ketones is 1. The predicted molar refractivity (Wildman–Crippen MR) is 162 cm³/mol. The van der Waals surface area contributed by atoms with E-state index < -0.39 is 0 Å². The number of Topliss-reactive ketones (excluding diaryl/α,β-unsaturated/α-hetero) is 1. The minimum atomic E-state index is -0.236. The van der Waals surface area contributed by atoms with Crippen LogP contribution in [0, 0.1) is 0 Å². The normalized spacial score (nSPS) is 17.4. The first-order valence-corrected chi connectivity index (χ1v) is 15.3. The van der Waals surface area contributed by atoms with Gasteiger partial charge < -0.3 is 28.1 Å². The quantitative estimate of drug-likeness (QED) is 0.153. The fourth-order valence-corrected chi connectivity index (χ4v) is 5.97. The summed E-state index contributed by atoms with van der Waals surface area (Å²) in [6, 6.07) is 20.0. The molecule has 0 N–H and O–H groups in total. The minimum Gasteiger partial charge on any atom is -0.494 e. The molecule has 0 saturated carbocycles. The number of benzene rings is 2. The Labute approximate surface area is 248 Å². The molecule has 2 aromatic heterocycles. The molecule has 220 valence electrons. The van der Waals surface area contributed by atoms with Gasteiger partial charge in [-0.05, 0) is 99.2 Å². The molecule has 0 fully saturated rings. The zero-order chi connectivity index (χ0) is 28.6. The molecule has 2 aliphatic heterocycles. The van der Waals surface area contributed by atoms with Crippen LogP contribution in [0.5, 0.6) is 23.0 Å². The average Bonchev–Trinajstić information content (AvgIpc) is 3.75. The van der Waals surface area contributed by atoms with Crippen molar-refractivity contribution in [1.29, 1.82) is 0 Å². The van der Waals surface area contributed by atoms with Crippen LogP contribution in [0.25, 0.3) is 0 Å². The first-order chi connectivity index (χ1) is 20.7. The van der Waals surface area contributed by atoms with Crippen LogP contribution in [0.15, 0.2) is 85.5 Å². The summed E-state index contributed by atoms with van der Waals surface area (Å²) in [6.45, 7) is 4.32. The highest BCUT2D eigenvalue weighted by Gasteiger charge is 2.36. The topological polar surface area (TPSA) is 63.9 Å². The molecule has 6 rings (SSSR count). The summed E-state index contributed by atoms with van der Waals surface area (Å²) < 4.78 is 28.5. The lowest BCUT2D eigenvalue weighted by atomic mass is 9.78. The summed E-state index contributed by atoms with van der Waals surface area (Å²) in [5.41, 5.74) is 1.86. The van der Waals surface area contributed by atoms with Crippen molar-refractivity contribution in [2.45, 2.75) is 63.5 Å². The molecule has 7 heteroatoms. The maximum Gasteiger partial charge on any atom is 0.148 e. The lowest BCUT2D eigenvalue weighted by Crippen LogP contribution is -2.29. The second kappa shape index (κ2) is 13.7. The van der Waals surface area contributed by atoms with Crippen molar-refractivity contribution in [3.05, 3.63) is 96.6 Å². The highest BCUT2D eigenvalue weighted by atomic mass is 16.5. The maximum absolute atomic E-state index is 14.1. The van der Waals surface area contributed by atoms with E-state index in [0.717, 1.165) is 72.9 Å². The Morgan fingerprint density at radius 1 is 0.667 bits per heavy atom. The Balaban J connectivity index is 1.08. The molecule has 7 nitrogen and oxygen atoms in total. The van der Waals surface area contributed by atoms with Gasteiger partial charge in [-0.1, -0.05) is 0 Å². The number of carbonyl (C=O) groups excluding carboxylic acids is 1. The number of aryl methyl sites for hydroxylation is 2. The molecular formula is C35H40N2O5. The van der Waals surface area contributed by atoms with Gasteiger partial charge >= 0.3 is 0 Å². The summed E-state index contributed by atoms with van der Waals surface area (Å²) in [7, 11) is 0. The van der Waals surface area contributed by atoms with Gasteiger partial charge in [-0.15, -0.1) is 0 Å². The van der Waals surface area contributed by atoms with E-state index in [0.29, 0.717) is 39.3 Å². The summed E-state index contributed by atoms with van der Waals surface area (Å²) in [5, 5.41) is 0. The van der Waals surface area contributed by atoms with Crippen LogP contribution in [0.1, 0.15) is 61.5 Å². The second-order valence-corrected chi connectivity index (χ2v) is 11.1. The molecule has 2 atom stereocenters. The molecule has 0 amide bonds. The van der Waals surface area contributed by atoms with Crippen molar-refractivity contribution < 1.29 is 23.7 Å². The largest absolute Gasteiger partial charge is 0.494 e. The summed E-state index contributed by atoms with van der Waals surface area (Å²) >= 11 is 0. The molecule has 0 spiro atoms. The smallest absolute Gasteiger partial charge is 0.148 e. The monoisotopic (exact) mass is 568 g/mol. The molecule has 0 bridgehead atoms. The van der Waals surface area contributed by atoms with E-state index in [4.69, 9.17) is 18.9 Å². The van der Waals surface area contributed by atoms with Crippen molar-refractivity contribution >= 4 is 5.78 Å². The third-order valence-corrected chi connectivity index (χ3v) is 8.22. The lowest BCUT2D eigenvalue weighted by Gasteiger charge is -2.31. The van der Waals surface area contributed by atoms with Crippen molar-refractivity contribution in [2.24, 2.45) is 0 Å². The Morgan fingerprint density at radius 3 is 1.57 bits per heavy atom. The Bertz CT molecular complexity index is 1320. The van der Waals surface area contributed by atoms with E-state index in [2.05, 4.69) is 33.9 Å². The number of fused-ring (bicyclic) bond motifs is 2. The number of rotatable bonds is 14. The third kappa shape index (κ3) is 6.84. The van der Waals surface area contributed by atoms with E-state index in [1.807, 2.05) is 60.7 Å². The van der Waals surface area contributed by atoms with Crippen LogP contribution in [0.3, 0.4) is 0 Å². The second-order valence-electron chi connectivity index (χ2n) is 11.1. The number of aromatic nitrogens is 2. The summed E-state index contributed by atoms with van der Waals surface area (Å²) in [4.78, 5) is 14.1. The van der Waals surface area contributed by atoms with E-state index in [9.17, 15) is 4.79 Å². The van der Waals surface area contributed by atoms with Crippen molar-refractivity contribution in [2.75, 3.05) is 26.4 Å². The van der Waals surface area contributed by atoms with Crippen molar-refractivity contribution in [3.63, 3.8) is 0 Å². The molecular weight excluding hydrogens is 528 g/mol. The van der Waals surface area contributed by atoms with Gasteiger partial charge in [0.2, 0.25) is 0 Å². The fourth-order valence-electron chi connectivity index (χ4n) is 5.97. The third-order valence-electron chi connectivity index (χ3n) is 8.22. The van der Waals surface area contributed by atoms with E-state index in [1.165, 1.54) is 0 Å². The van der Waals surface area contributed by atoms with Crippen molar-refractivity contribution in [3.8, 4) is 23.0 Å². The fraction of sp³-hybridized carbons (Fsp3) is 0.400. The van der Waals surface area contributed by atoms with Crippen LogP contribution in [-0.2, 0) is 17.9 Å². The molecule has 0 radical (unpaired) electrons. The highest BCUT2D eigenvalue weighted by Crippen LogP contribution is 2.44. The number of unbranched alkanes of at least 4 members (excludes halogenated alkanes) is 2. The minimum absolute atomic E-state index is 0.219. The zero-order valence-corrected chi connectivity index (χ0v) is 24.2. The van der Waals surface area contributed by atoms with Crippen LogP contribution >= 0.6 is 0 Å². The average molecular weight is 569 g/mol. The van der Waals surface area contributed by atoms with Gasteiger partial charge in [-0.2, -0.15) is 0 Å². The number of hydrogen-bond donors (Lipinski definition) is 0. The molecule has 0 aliphatic carbocycles. The zero-order valence-electron chi connectivity index (χ0n) is 24.2. The van der Waals surface area contributed by atoms with Crippen molar-refractivity contribution in [1.82, 2.24) is 9.13 Å². The molecule has 4 aromatic rings. The number of ether oxygens (including phenoxy) is 4. The van der Waals surface area contributed by atoms with Gasteiger partial charge in [0.15, 0.2) is 0 Å². The Hall–Kier alpha value is -4.13. The molecule has 4 heterocycles. The van der Waals surface area contributed by atoms with Crippen LogP contribution in [0.2, 0.25) is 0 Å². The van der Waals surface area contributed by atoms with Gasteiger partial charge in [-0.3, -0.25) is 4.79 Å². The van der Waals surface area contributed by atoms with E-state index >= 15 is 0 Å². The highest BCUT2D eigenvalue weighted by molar-refractivity contribution is 5.93. The first kappa shape index (κ1) is 28.0. The Kier molecular flexibility index (Phi) is 9.13. The molecule has 0 saturated heterocycles. The van der Waals surface area contributed by atoms with Gasteiger partial charge in [0.25, 0.3) is 0 Å². The predicted octanol–water partition coefficient (Wildman–Crippen LogP) is 7.01. The summed E-state index contributed by atoms with van der Waals surface area (Å²) in [6.07, 6.45) is 13.7. The summed E-state index contributed by atoms with van der Waals surface area (Å²) in [5.74, 6) is 2.89. The maximum atomic E-state index is 14.1. The number of hydrogen-bond acceptors (Lipinski definition) is 5. The van der Waals surface area contributed by atoms with E-state index in [1.54, 1.807) is 0 Å². The van der Waals surface area contributed by atoms with Crippen LogP contribution < -0.4 is 18.9 Å². The first-order valence-electron chi connectivity index (χ1n) is 15.3. The van der Waals surface area contributed by atoms with E-state index in [-0.39, 0.29) is 17.6 Å². The standard InChI is InChI=1S/C35H40N2O5/c38-35(29-13-23-41-33-11-9-27(25-31(29)33)39-21-7-5-19-36-15-1-2-16-36)30-14-24-42-34-12-10-28(26-32(30)34)40-22-8-6-20-37-17-3-4-18-37/h1-4,9-12,15-18,25-26,29-30H,5-8,13-14,19-24H2. The van der Waals surface area contributed by atoms with Gasteiger partial charge in [0, 0.05) is 49.0 Å². The van der Waals surface area contributed by atoms with Gasteiger partial charge in [-0.25, -0.2) is 0 Å². The van der Waals surface area contributed by atoms with Crippen LogP contribution in [0.4, 0.5) is 0 Å². The Morgan fingerprint density at radius 2 is 1.12 bits per heavy atom. The molecule has 2 aliphatic rings. The van der Waals surface area contributed by atoms with Crippen LogP contribution in [-0.4, -0.2) is 41.3 Å². The number of nitrogens with zero attached hydrogens (tertiary/aromatic N) is 2. The molecule has 2 unspecified atom stereocenters. The molecule has 2 aromatic carbocycles.